The van der Waals surface area contributed by atoms with E-state index in [-0.39, 0.29) is 0 Å². The van der Waals surface area contributed by atoms with Gasteiger partial charge in [-0.3, -0.25) is 0 Å². The van der Waals surface area contributed by atoms with Gasteiger partial charge in [0.15, 0.2) is 0 Å². The molecule has 0 saturated heterocycles. The molecule has 2 unspecified atom stereocenters. The molecule has 1 nitrogen and oxygen atoms in total. The van der Waals surface area contributed by atoms with Crippen molar-refractivity contribution in [2.45, 2.75) is 85.5 Å². The van der Waals surface area contributed by atoms with Crippen molar-refractivity contribution < 1.29 is 5.11 Å². The predicted molar refractivity (Wildman–Crippen MR) is 81.8 cm³/mol. The van der Waals surface area contributed by atoms with Gasteiger partial charge >= 0.3 is 0 Å². The van der Waals surface area contributed by atoms with E-state index in [9.17, 15) is 0 Å². The van der Waals surface area contributed by atoms with Gasteiger partial charge in [0.25, 0.3) is 0 Å². The van der Waals surface area contributed by atoms with Crippen LogP contribution in [0, 0.1) is 17.8 Å². The van der Waals surface area contributed by atoms with Crippen LogP contribution >= 0.6 is 0 Å². The average molecular weight is 256 g/mol. The van der Waals surface area contributed by atoms with E-state index in [0.717, 1.165) is 24.2 Å². The van der Waals surface area contributed by atoms with Gasteiger partial charge in [-0.25, -0.2) is 0 Å². The van der Waals surface area contributed by atoms with E-state index >= 15 is 0 Å². The Morgan fingerprint density at radius 1 is 0.611 bits per heavy atom. The highest BCUT2D eigenvalue weighted by Crippen LogP contribution is 2.21. The van der Waals surface area contributed by atoms with Crippen LogP contribution in [0.4, 0.5) is 0 Å². The van der Waals surface area contributed by atoms with Crippen molar-refractivity contribution in [2.75, 3.05) is 6.61 Å². The van der Waals surface area contributed by atoms with Crippen LogP contribution < -0.4 is 0 Å². The highest BCUT2D eigenvalue weighted by Gasteiger charge is 2.06. The topological polar surface area (TPSA) is 20.2 Å². The fraction of sp³-hybridized carbons (Fsp3) is 1.00. The Bertz CT molecular complexity index is 165. The van der Waals surface area contributed by atoms with E-state index in [1.807, 2.05) is 0 Å². The van der Waals surface area contributed by atoms with Crippen LogP contribution in [0.1, 0.15) is 85.5 Å². The van der Waals surface area contributed by atoms with Gasteiger partial charge in [-0.1, -0.05) is 79.1 Å². The van der Waals surface area contributed by atoms with Gasteiger partial charge in [0.05, 0.1) is 0 Å². The molecule has 0 aromatic heterocycles. The van der Waals surface area contributed by atoms with Gasteiger partial charge in [-0.2, -0.15) is 0 Å². The predicted octanol–water partition coefficient (Wildman–Crippen LogP) is 5.42. The summed E-state index contributed by atoms with van der Waals surface area (Å²) in [7, 11) is 0. The summed E-state index contributed by atoms with van der Waals surface area (Å²) in [6.07, 6.45) is 11.8. The quantitative estimate of drug-likeness (QED) is 0.462. The van der Waals surface area contributed by atoms with Crippen LogP contribution in [0.25, 0.3) is 0 Å². The highest BCUT2D eigenvalue weighted by molar-refractivity contribution is 4.59. The number of hydrogen-bond acceptors (Lipinski definition) is 1. The Balaban J connectivity index is 3.35. The first-order valence-electron chi connectivity index (χ1n) is 8.17. The van der Waals surface area contributed by atoms with Crippen molar-refractivity contribution in [1.29, 1.82) is 0 Å². The SMILES string of the molecule is CC(C)CCC(C)CCCC(C)CCCCCO. The van der Waals surface area contributed by atoms with E-state index in [0.29, 0.717) is 6.61 Å². The van der Waals surface area contributed by atoms with Crippen molar-refractivity contribution in [3.63, 3.8) is 0 Å². The first kappa shape index (κ1) is 18.0. The van der Waals surface area contributed by atoms with E-state index < -0.39 is 0 Å². The molecular weight excluding hydrogens is 220 g/mol. The first-order chi connectivity index (χ1) is 8.56. The molecular formula is C17H36O. The van der Waals surface area contributed by atoms with Gasteiger partial charge in [-0.05, 0) is 24.2 Å². The minimum atomic E-state index is 0.363. The number of unbranched alkanes of at least 4 members (excludes halogenated alkanes) is 2. The molecule has 0 aliphatic heterocycles. The summed E-state index contributed by atoms with van der Waals surface area (Å²) in [5, 5.41) is 8.72. The second-order valence-corrected chi connectivity index (χ2v) is 6.69. The molecule has 0 spiro atoms. The Morgan fingerprint density at radius 2 is 1.17 bits per heavy atom. The van der Waals surface area contributed by atoms with Gasteiger partial charge in [0, 0.05) is 6.61 Å². The third-order valence-electron chi connectivity index (χ3n) is 3.99. The summed E-state index contributed by atoms with van der Waals surface area (Å²) in [4.78, 5) is 0. The van der Waals surface area contributed by atoms with Gasteiger partial charge < -0.3 is 5.11 Å². The number of rotatable bonds is 12. The fourth-order valence-electron chi connectivity index (χ4n) is 2.50. The van der Waals surface area contributed by atoms with Crippen molar-refractivity contribution in [3.05, 3.63) is 0 Å². The lowest BCUT2D eigenvalue weighted by molar-refractivity contribution is 0.280. The second kappa shape index (κ2) is 12.0. The van der Waals surface area contributed by atoms with E-state index in [1.54, 1.807) is 0 Å². The summed E-state index contributed by atoms with van der Waals surface area (Å²) >= 11 is 0. The second-order valence-electron chi connectivity index (χ2n) is 6.69. The number of hydrogen-bond donors (Lipinski definition) is 1. The molecule has 0 aliphatic rings. The summed E-state index contributed by atoms with van der Waals surface area (Å²) < 4.78 is 0. The molecule has 0 amide bonds. The lowest BCUT2D eigenvalue weighted by Gasteiger charge is -2.15. The summed E-state index contributed by atoms with van der Waals surface area (Å²) in [6.45, 7) is 9.80. The normalized spacial score (nSPS) is 15.0. The first-order valence-corrected chi connectivity index (χ1v) is 8.17. The molecule has 0 saturated carbocycles. The maximum atomic E-state index is 8.72. The summed E-state index contributed by atoms with van der Waals surface area (Å²) in [5.41, 5.74) is 0. The minimum Gasteiger partial charge on any atom is -0.396 e. The standard InChI is InChI=1S/C17H36O/c1-15(2)12-13-17(4)11-8-10-16(3)9-6-5-7-14-18/h15-18H,5-14H2,1-4H3. The van der Waals surface area contributed by atoms with Gasteiger partial charge in [-0.15, -0.1) is 0 Å². The molecule has 0 heterocycles. The summed E-state index contributed by atoms with van der Waals surface area (Å²) in [6, 6.07) is 0. The third-order valence-corrected chi connectivity index (χ3v) is 3.99. The van der Waals surface area contributed by atoms with E-state index in [4.69, 9.17) is 5.11 Å². The maximum absolute atomic E-state index is 8.72. The van der Waals surface area contributed by atoms with E-state index in [1.165, 1.54) is 51.4 Å². The van der Waals surface area contributed by atoms with Crippen molar-refractivity contribution in [3.8, 4) is 0 Å². The maximum Gasteiger partial charge on any atom is 0.0431 e. The van der Waals surface area contributed by atoms with Crippen LogP contribution in [-0.4, -0.2) is 11.7 Å². The van der Waals surface area contributed by atoms with Crippen LogP contribution in [0.15, 0.2) is 0 Å². The Kier molecular flexibility index (Phi) is 12.0. The van der Waals surface area contributed by atoms with Crippen LogP contribution in [0.3, 0.4) is 0 Å². The third kappa shape index (κ3) is 12.4. The lowest BCUT2D eigenvalue weighted by atomic mass is 9.91. The van der Waals surface area contributed by atoms with E-state index in [2.05, 4.69) is 27.7 Å². The molecule has 0 radical (unpaired) electrons. The van der Waals surface area contributed by atoms with Gasteiger partial charge in [0.1, 0.15) is 0 Å². The Labute approximate surface area is 115 Å². The molecule has 0 fully saturated rings. The van der Waals surface area contributed by atoms with Crippen LogP contribution in [0.2, 0.25) is 0 Å². The molecule has 0 aliphatic carbocycles. The molecule has 0 bridgehead atoms. The van der Waals surface area contributed by atoms with Gasteiger partial charge in [0.2, 0.25) is 0 Å². The fourth-order valence-corrected chi connectivity index (χ4v) is 2.50. The van der Waals surface area contributed by atoms with Crippen molar-refractivity contribution in [1.82, 2.24) is 0 Å². The highest BCUT2D eigenvalue weighted by atomic mass is 16.2. The van der Waals surface area contributed by atoms with Crippen LogP contribution in [0.5, 0.6) is 0 Å². The van der Waals surface area contributed by atoms with Crippen molar-refractivity contribution in [2.24, 2.45) is 17.8 Å². The molecule has 110 valence electrons. The van der Waals surface area contributed by atoms with Crippen LogP contribution in [-0.2, 0) is 0 Å². The number of aliphatic hydroxyl groups is 1. The average Bonchev–Trinajstić information content (AvgIpc) is 2.32. The largest absolute Gasteiger partial charge is 0.396 e. The molecule has 1 heteroatoms. The molecule has 0 aromatic carbocycles. The van der Waals surface area contributed by atoms with Crippen molar-refractivity contribution >= 4 is 0 Å². The zero-order valence-corrected chi connectivity index (χ0v) is 13.3. The monoisotopic (exact) mass is 256 g/mol. The Morgan fingerprint density at radius 3 is 1.72 bits per heavy atom. The lowest BCUT2D eigenvalue weighted by Crippen LogP contribution is -2.01. The number of aliphatic hydroxyl groups excluding tert-OH is 1. The molecule has 2 atom stereocenters. The molecule has 0 aromatic rings. The Hall–Kier alpha value is -0.0400. The smallest absolute Gasteiger partial charge is 0.0431 e. The zero-order valence-electron chi connectivity index (χ0n) is 13.3. The molecule has 1 N–H and O–H groups in total. The molecule has 18 heavy (non-hydrogen) atoms. The minimum absolute atomic E-state index is 0.363. The summed E-state index contributed by atoms with van der Waals surface area (Å²) in [5.74, 6) is 2.65. The zero-order chi connectivity index (χ0) is 13.8. The molecule has 0 rings (SSSR count).